The molecular formula is C18H28N2O. The van der Waals surface area contributed by atoms with Crippen molar-refractivity contribution in [2.45, 2.75) is 83.0 Å². The average molecular weight is 288 g/mol. The Kier molecular flexibility index (Phi) is 4.48. The zero-order valence-corrected chi connectivity index (χ0v) is 13.3. The van der Waals surface area contributed by atoms with Crippen LogP contribution in [0.1, 0.15) is 58.8 Å². The van der Waals surface area contributed by atoms with E-state index in [1.54, 1.807) is 0 Å². The first-order valence-electron chi connectivity index (χ1n) is 8.59. The normalized spacial score (nSPS) is 23.1. The van der Waals surface area contributed by atoms with E-state index < -0.39 is 0 Å². The Bertz CT molecular complexity index is 432. The van der Waals surface area contributed by atoms with Gasteiger partial charge in [0.15, 0.2) is 0 Å². The molecule has 2 fully saturated rings. The van der Waals surface area contributed by atoms with Gasteiger partial charge in [0.25, 0.3) is 0 Å². The second-order valence-electron chi connectivity index (χ2n) is 7.04. The van der Waals surface area contributed by atoms with Crippen LogP contribution in [0, 0.1) is 0 Å². The zero-order valence-electron chi connectivity index (χ0n) is 13.3. The maximum absolute atomic E-state index is 13.0. The third-order valence-corrected chi connectivity index (χ3v) is 4.48. The van der Waals surface area contributed by atoms with Crippen molar-refractivity contribution in [1.82, 2.24) is 10.2 Å². The molecule has 0 aromatic carbocycles. The van der Waals surface area contributed by atoms with E-state index in [4.69, 9.17) is 0 Å². The molecule has 3 rings (SSSR count). The van der Waals surface area contributed by atoms with Crippen molar-refractivity contribution in [2.75, 3.05) is 0 Å². The van der Waals surface area contributed by atoms with Gasteiger partial charge in [0.1, 0.15) is 0 Å². The van der Waals surface area contributed by atoms with Crippen molar-refractivity contribution in [3.8, 4) is 0 Å². The van der Waals surface area contributed by atoms with Gasteiger partial charge in [-0.25, -0.2) is 0 Å². The molecule has 3 aliphatic rings. The lowest BCUT2D eigenvalue weighted by Crippen LogP contribution is -2.50. The van der Waals surface area contributed by atoms with Gasteiger partial charge in [0, 0.05) is 18.1 Å². The molecule has 0 aromatic rings. The second-order valence-corrected chi connectivity index (χ2v) is 7.04. The molecule has 21 heavy (non-hydrogen) atoms. The van der Waals surface area contributed by atoms with E-state index in [9.17, 15) is 4.79 Å². The molecule has 0 unspecified atom stereocenters. The highest BCUT2D eigenvalue weighted by Crippen LogP contribution is 2.38. The number of rotatable bonds is 7. The van der Waals surface area contributed by atoms with E-state index >= 15 is 0 Å². The molecule has 0 bridgehead atoms. The first kappa shape index (κ1) is 14.8. The van der Waals surface area contributed by atoms with Crippen LogP contribution in [0.2, 0.25) is 0 Å². The van der Waals surface area contributed by atoms with Crippen molar-refractivity contribution in [3.63, 3.8) is 0 Å². The van der Waals surface area contributed by atoms with Gasteiger partial charge < -0.3 is 10.2 Å². The van der Waals surface area contributed by atoms with Gasteiger partial charge in [-0.2, -0.15) is 0 Å². The highest BCUT2D eigenvalue weighted by Gasteiger charge is 2.44. The van der Waals surface area contributed by atoms with E-state index in [1.165, 1.54) is 31.3 Å². The highest BCUT2D eigenvalue weighted by molar-refractivity contribution is 5.83. The number of hydrogen-bond donors (Lipinski definition) is 1. The topological polar surface area (TPSA) is 32.3 Å². The smallest absolute Gasteiger partial charge is 0.240 e. The minimum Gasteiger partial charge on any atom is -0.335 e. The number of nitrogens with zero attached hydrogens (tertiary/aromatic N) is 1. The molecule has 116 valence electrons. The monoisotopic (exact) mass is 288 g/mol. The lowest BCUT2D eigenvalue weighted by molar-refractivity contribution is -0.134. The largest absolute Gasteiger partial charge is 0.335 e. The quantitative estimate of drug-likeness (QED) is 0.780. The molecular weight excluding hydrogens is 260 g/mol. The third kappa shape index (κ3) is 3.97. The minimum atomic E-state index is -0.0554. The van der Waals surface area contributed by atoms with Crippen LogP contribution in [-0.2, 0) is 4.79 Å². The van der Waals surface area contributed by atoms with E-state index in [2.05, 4.69) is 42.3 Å². The van der Waals surface area contributed by atoms with Crippen LogP contribution in [0.15, 0.2) is 23.8 Å². The third-order valence-electron chi connectivity index (χ3n) is 4.48. The van der Waals surface area contributed by atoms with Gasteiger partial charge in [-0.1, -0.05) is 37.6 Å². The molecule has 1 atom stereocenters. The predicted molar refractivity (Wildman–Crippen MR) is 86.0 cm³/mol. The zero-order chi connectivity index (χ0) is 14.8. The summed E-state index contributed by atoms with van der Waals surface area (Å²) >= 11 is 0. The molecule has 3 aliphatic carbocycles. The van der Waals surface area contributed by atoms with Crippen molar-refractivity contribution in [1.29, 1.82) is 0 Å². The summed E-state index contributed by atoms with van der Waals surface area (Å²) in [4.78, 5) is 15.2. The summed E-state index contributed by atoms with van der Waals surface area (Å²) in [5.74, 6) is 0.341. The lowest BCUT2D eigenvalue weighted by Gasteiger charge is -2.30. The maximum Gasteiger partial charge on any atom is 0.240 e. The van der Waals surface area contributed by atoms with Gasteiger partial charge in [-0.05, 0) is 44.9 Å². The Morgan fingerprint density at radius 2 is 1.90 bits per heavy atom. The summed E-state index contributed by atoms with van der Waals surface area (Å²) in [5, 5.41) is 3.51. The van der Waals surface area contributed by atoms with Crippen LogP contribution in [0.4, 0.5) is 0 Å². The van der Waals surface area contributed by atoms with Gasteiger partial charge >= 0.3 is 0 Å². The summed E-state index contributed by atoms with van der Waals surface area (Å²) < 4.78 is 0. The van der Waals surface area contributed by atoms with Crippen molar-refractivity contribution in [3.05, 3.63) is 23.8 Å². The van der Waals surface area contributed by atoms with Crippen molar-refractivity contribution >= 4 is 5.91 Å². The Hall–Kier alpha value is -1.09. The molecule has 0 aliphatic heterocycles. The van der Waals surface area contributed by atoms with E-state index in [0.717, 1.165) is 19.3 Å². The molecule has 1 N–H and O–H groups in total. The molecule has 0 spiro atoms. The van der Waals surface area contributed by atoms with Crippen molar-refractivity contribution < 1.29 is 4.79 Å². The van der Waals surface area contributed by atoms with Crippen LogP contribution >= 0.6 is 0 Å². The Morgan fingerprint density at radius 3 is 2.38 bits per heavy atom. The van der Waals surface area contributed by atoms with Gasteiger partial charge in [0.2, 0.25) is 5.91 Å². The van der Waals surface area contributed by atoms with Crippen LogP contribution in [-0.4, -0.2) is 35.0 Å². The molecule has 0 radical (unpaired) electrons. The first-order valence-corrected chi connectivity index (χ1v) is 8.59. The molecule has 3 heteroatoms. The number of nitrogens with one attached hydrogen (secondary N) is 1. The fourth-order valence-electron chi connectivity index (χ4n) is 3.22. The summed E-state index contributed by atoms with van der Waals surface area (Å²) in [5.41, 5.74) is 1.32. The number of hydrogen-bond acceptors (Lipinski definition) is 2. The number of carbonyl (C=O) groups is 1. The fourth-order valence-corrected chi connectivity index (χ4v) is 3.22. The molecule has 0 saturated heterocycles. The molecule has 0 aromatic heterocycles. The SMILES string of the molecule is CC(C)N[C@@H](CC1=CCCC=C1)C(=O)N(C1CC1)C1CC1. The summed E-state index contributed by atoms with van der Waals surface area (Å²) in [6.07, 6.45) is 14.6. The van der Waals surface area contributed by atoms with Crippen LogP contribution < -0.4 is 5.32 Å². The number of amides is 1. The van der Waals surface area contributed by atoms with Crippen LogP contribution in [0.5, 0.6) is 0 Å². The first-order chi connectivity index (χ1) is 10.1. The van der Waals surface area contributed by atoms with Crippen LogP contribution in [0.25, 0.3) is 0 Å². The predicted octanol–water partition coefficient (Wildman–Crippen LogP) is 3.17. The van der Waals surface area contributed by atoms with E-state index in [-0.39, 0.29) is 6.04 Å². The summed E-state index contributed by atoms with van der Waals surface area (Å²) in [6, 6.07) is 1.36. The highest BCUT2D eigenvalue weighted by atomic mass is 16.2. The Balaban J connectivity index is 1.69. The van der Waals surface area contributed by atoms with Gasteiger partial charge in [-0.3, -0.25) is 4.79 Å². The molecule has 0 heterocycles. The van der Waals surface area contributed by atoms with Crippen molar-refractivity contribution in [2.24, 2.45) is 0 Å². The molecule has 2 saturated carbocycles. The lowest BCUT2D eigenvalue weighted by atomic mass is 9.98. The van der Waals surface area contributed by atoms with Gasteiger partial charge in [0.05, 0.1) is 6.04 Å². The average Bonchev–Trinajstić information content (AvgIpc) is 3.33. The van der Waals surface area contributed by atoms with Gasteiger partial charge in [-0.15, -0.1) is 0 Å². The maximum atomic E-state index is 13.0. The summed E-state index contributed by atoms with van der Waals surface area (Å²) in [6.45, 7) is 4.26. The summed E-state index contributed by atoms with van der Waals surface area (Å²) in [7, 11) is 0. The number of allylic oxidation sites excluding steroid dienone is 3. The fraction of sp³-hybridized carbons (Fsp3) is 0.722. The Morgan fingerprint density at radius 1 is 1.24 bits per heavy atom. The Labute approximate surface area is 128 Å². The number of carbonyl (C=O) groups excluding carboxylic acids is 1. The van der Waals surface area contributed by atoms with E-state index in [0.29, 0.717) is 24.0 Å². The standard InChI is InChI=1S/C18H28N2O/c1-13(2)19-17(12-14-6-4-3-5-7-14)18(21)20(15-8-9-15)16-10-11-16/h4,6-7,13,15-17,19H,3,5,8-12H2,1-2H3/t17-/m0/s1. The second kappa shape index (κ2) is 6.35. The van der Waals surface area contributed by atoms with E-state index in [1.807, 2.05) is 0 Å². The van der Waals surface area contributed by atoms with Crippen LogP contribution in [0.3, 0.4) is 0 Å². The molecule has 1 amide bonds. The molecule has 3 nitrogen and oxygen atoms in total. The minimum absolute atomic E-state index is 0.0554.